The molecule has 3 N–H and O–H groups in total. The van der Waals surface area contributed by atoms with Gasteiger partial charge in [0.2, 0.25) is 5.91 Å². The summed E-state index contributed by atoms with van der Waals surface area (Å²) in [7, 11) is 0. The Hall–Kier alpha value is -6.13. The summed E-state index contributed by atoms with van der Waals surface area (Å²) >= 11 is 0. The predicted octanol–water partition coefficient (Wildman–Crippen LogP) is 5.07. The maximum atomic E-state index is 14.5. The zero-order chi connectivity index (χ0) is 37.6. The number of urea groups is 1. The third-order valence-electron chi connectivity index (χ3n) is 10.5. The van der Waals surface area contributed by atoms with E-state index in [1.54, 1.807) is 28.8 Å². The molecule has 1 aliphatic carbocycles. The van der Waals surface area contributed by atoms with E-state index in [0.717, 1.165) is 81.5 Å². The molecule has 3 aliphatic rings. The number of amides is 3. The summed E-state index contributed by atoms with van der Waals surface area (Å²) in [5.41, 5.74) is 4.15. The van der Waals surface area contributed by atoms with Crippen molar-refractivity contribution in [3.8, 4) is 17.8 Å². The molecule has 5 heterocycles. The molecular formula is C38H42FN13O2. The topological polar surface area (TPSA) is 184 Å². The first-order valence-corrected chi connectivity index (χ1v) is 18.4. The van der Waals surface area contributed by atoms with Gasteiger partial charge in [0.15, 0.2) is 11.6 Å². The fourth-order valence-corrected chi connectivity index (χ4v) is 7.37. The van der Waals surface area contributed by atoms with E-state index in [2.05, 4.69) is 64.2 Å². The maximum absolute atomic E-state index is 14.5. The third kappa shape index (κ3) is 8.40. The number of halogens is 1. The number of imide groups is 1. The van der Waals surface area contributed by atoms with Crippen LogP contribution in [-0.4, -0.2) is 87.1 Å². The molecule has 1 aromatic carbocycles. The van der Waals surface area contributed by atoms with Gasteiger partial charge in [-0.25, -0.2) is 23.8 Å². The van der Waals surface area contributed by atoms with E-state index < -0.39 is 11.9 Å². The number of pyridine rings is 2. The lowest BCUT2D eigenvalue weighted by Crippen LogP contribution is -2.49. The van der Waals surface area contributed by atoms with Crippen LogP contribution in [0.4, 0.5) is 37.9 Å². The largest absolute Gasteiger partial charge is 0.369 e. The Morgan fingerprint density at radius 2 is 1.74 bits per heavy atom. The van der Waals surface area contributed by atoms with Crippen LogP contribution in [-0.2, 0) is 4.79 Å². The fraction of sp³-hybridized carbons (Fsp3) is 0.421. The van der Waals surface area contributed by atoms with E-state index in [0.29, 0.717) is 42.0 Å². The molecule has 7 rings (SSSR count). The summed E-state index contributed by atoms with van der Waals surface area (Å²) in [6.07, 6.45) is 10.6. The summed E-state index contributed by atoms with van der Waals surface area (Å²) < 4.78 is 16.2. The van der Waals surface area contributed by atoms with Crippen molar-refractivity contribution < 1.29 is 14.0 Å². The molecule has 0 radical (unpaired) electrons. The lowest BCUT2D eigenvalue weighted by atomic mass is 9.79. The van der Waals surface area contributed by atoms with Crippen molar-refractivity contribution in [1.29, 1.82) is 10.5 Å². The van der Waals surface area contributed by atoms with Gasteiger partial charge in [-0.1, -0.05) is 5.21 Å². The monoisotopic (exact) mass is 731 g/mol. The highest BCUT2D eigenvalue weighted by Gasteiger charge is 2.27. The normalized spacial score (nSPS) is 19.8. The second-order valence-electron chi connectivity index (χ2n) is 14.1. The van der Waals surface area contributed by atoms with Gasteiger partial charge in [-0.3, -0.25) is 19.9 Å². The Balaban J connectivity index is 0.888. The number of anilines is 5. The first-order chi connectivity index (χ1) is 26.3. The number of nitrogens with one attached hydrogen (secondary N) is 3. The van der Waals surface area contributed by atoms with Crippen LogP contribution < -0.4 is 25.8 Å². The average Bonchev–Trinajstić information content (AvgIpc) is 3.69. The molecule has 278 valence electrons. The highest BCUT2D eigenvalue weighted by atomic mass is 19.1. The van der Waals surface area contributed by atoms with Crippen LogP contribution >= 0.6 is 0 Å². The van der Waals surface area contributed by atoms with Gasteiger partial charge in [0.05, 0.1) is 35.4 Å². The molecule has 2 aliphatic heterocycles. The molecule has 2 saturated heterocycles. The standard InChI is InChI=1S/C38H42FN13O2/c1-25(20-40)44-32-19-35(45-37-31(39)18-27(21-41)22-43-37)42-23-34(32)52-24-33(47-48-52)28-4-2-26(3-5-28)10-12-49-14-16-50(17-15-49)29-6-8-30(9-7-29)51-13-11-36(53)46-38(51)54/h6-9,18-19,22-26,28H,2-5,10-17H2,1H3,(H,46,53,54)(H2,42,43,44,45)/t25-,26?,28?/m1/s1. The number of hydrogen-bond donors (Lipinski definition) is 3. The Morgan fingerprint density at radius 1 is 0.981 bits per heavy atom. The molecule has 4 aromatic rings. The highest BCUT2D eigenvalue weighted by Crippen LogP contribution is 2.37. The van der Waals surface area contributed by atoms with Gasteiger partial charge in [-0.05, 0) is 81.8 Å². The van der Waals surface area contributed by atoms with E-state index in [-0.39, 0.29) is 23.3 Å². The lowest BCUT2D eigenvalue weighted by Gasteiger charge is -2.37. The van der Waals surface area contributed by atoms with Crippen molar-refractivity contribution in [2.75, 3.05) is 59.7 Å². The molecule has 0 spiro atoms. The van der Waals surface area contributed by atoms with Gasteiger partial charge in [-0.15, -0.1) is 5.10 Å². The minimum Gasteiger partial charge on any atom is -0.369 e. The number of hydrogen-bond acceptors (Lipinski definition) is 12. The summed E-state index contributed by atoms with van der Waals surface area (Å²) in [6, 6.07) is 13.9. The molecule has 1 saturated carbocycles. The fourth-order valence-electron chi connectivity index (χ4n) is 7.37. The lowest BCUT2D eigenvalue weighted by molar-refractivity contribution is -0.120. The quantitative estimate of drug-likeness (QED) is 0.187. The molecule has 3 fully saturated rings. The number of carbonyl (C=O) groups is 2. The molecule has 0 unspecified atom stereocenters. The number of nitrogens with zero attached hydrogens (tertiary/aromatic N) is 10. The molecule has 54 heavy (non-hydrogen) atoms. The summed E-state index contributed by atoms with van der Waals surface area (Å²) in [4.78, 5) is 38.7. The van der Waals surface area contributed by atoms with Gasteiger partial charge < -0.3 is 15.5 Å². The number of rotatable bonds is 11. The van der Waals surface area contributed by atoms with Crippen LogP contribution in [0.2, 0.25) is 0 Å². The molecule has 0 bridgehead atoms. The van der Waals surface area contributed by atoms with Gasteiger partial charge in [0.1, 0.15) is 23.6 Å². The zero-order valence-corrected chi connectivity index (χ0v) is 30.1. The Bertz CT molecular complexity index is 2060. The van der Waals surface area contributed by atoms with Crippen LogP contribution in [0.1, 0.15) is 62.6 Å². The average molecular weight is 732 g/mol. The number of benzene rings is 1. The predicted molar refractivity (Wildman–Crippen MR) is 200 cm³/mol. The Morgan fingerprint density at radius 3 is 2.44 bits per heavy atom. The summed E-state index contributed by atoms with van der Waals surface area (Å²) in [5.74, 6) is 0.311. The van der Waals surface area contributed by atoms with Gasteiger partial charge >= 0.3 is 6.03 Å². The summed E-state index contributed by atoms with van der Waals surface area (Å²) in [5, 5.41) is 35.8. The van der Waals surface area contributed by atoms with Crippen LogP contribution in [0.5, 0.6) is 0 Å². The first-order valence-electron chi connectivity index (χ1n) is 18.4. The first kappa shape index (κ1) is 36.2. The highest BCUT2D eigenvalue weighted by molar-refractivity contribution is 6.05. The van der Waals surface area contributed by atoms with E-state index in [1.807, 2.05) is 24.4 Å². The minimum atomic E-state index is -0.679. The van der Waals surface area contributed by atoms with Crippen LogP contribution in [0, 0.1) is 34.4 Å². The van der Waals surface area contributed by atoms with Crippen LogP contribution in [0.25, 0.3) is 5.69 Å². The van der Waals surface area contributed by atoms with Crippen molar-refractivity contribution in [2.45, 2.75) is 57.4 Å². The second-order valence-corrected chi connectivity index (χ2v) is 14.1. The summed E-state index contributed by atoms with van der Waals surface area (Å²) in [6.45, 7) is 7.14. The van der Waals surface area contributed by atoms with E-state index >= 15 is 0 Å². The van der Waals surface area contributed by atoms with E-state index in [4.69, 9.17) is 5.26 Å². The minimum absolute atomic E-state index is 0.0683. The second kappa shape index (κ2) is 16.3. The molecule has 3 amide bonds. The molecule has 16 heteroatoms. The number of carbonyl (C=O) groups excluding carboxylic acids is 2. The van der Waals surface area contributed by atoms with Gasteiger partial charge in [0.25, 0.3) is 0 Å². The molecule has 1 atom stereocenters. The van der Waals surface area contributed by atoms with Gasteiger partial charge in [-0.2, -0.15) is 10.5 Å². The Labute approximate surface area is 312 Å². The van der Waals surface area contributed by atoms with Crippen molar-refractivity contribution in [3.63, 3.8) is 0 Å². The molecule has 15 nitrogen and oxygen atoms in total. The molecular weight excluding hydrogens is 690 g/mol. The Kier molecular flexibility index (Phi) is 10.9. The van der Waals surface area contributed by atoms with Crippen LogP contribution in [0.3, 0.4) is 0 Å². The molecule has 3 aromatic heterocycles. The number of aromatic nitrogens is 5. The zero-order valence-electron chi connectivity index (χ0n) is 30.1. The maximum Gasteiger partial charge on any atom is 0.328 e. The van der Waals surface area contributed by atoms with E-state index in [9.17, 15) is 19.2 Å². The number of piperazine rings is 1. The van der Waals surface area contributed by atoms with E-state index in [1.165, 1.54) is 12.6 Å². The van der Waals surface area contributed by atoms with Crippen LogP contribution in [0.15, 0.2) is 55.0 Å². The number of nitriles is 2. The van der Waals surface area contributed by atoms with Gasteiger partial charge in [0, 0.05) is 68.7 Å². The van der Waals surface area contributed by atoms with Crippen molar-refractivity contribution in [1.82, 2.24) is 35.2 Å². The van der Waals surface area contributed by atoms with Crippen molar-refractivity contribution >= 4 is 40.6 Å². The van der Waals surface area contributed by atoms with Crippen molar-refractivity contribution in [3.05, 3.63) is 72.1 Å². The SMILES string of the molecule is C[C@H](C#N)Nc1cc(Nc2ncc(C#N)cc2F)ncc1-n1cc(C2CCC(CCN3CCN(c4ccc(N5CCC(=O)NC5=O)cc4)CC3)CC2)nn1. The van der Waals surface area contributed by atoms with Crippen molar-refractivity contribution in [2.24, 2.45) is 5.92 Å². The smallest absolute Gasteiger partial charge is 0.328 e. The third-order valence-corrected chi connectivity index (χ3v) is 10.5.